The Kier molecular flexibility index (Phi) is 3.65. The molecule has 4 unspecified atom stereocenters. The highest BCUT2D eigenvalue weighted by atomic mass is 16.5. The minimum Gasteiger partial charge on any atom is -0.379 e. The van der Waals surface area contributed by atoms with Gasteiger partial charge in [0.05, 0.1) is 13.2 Å². The molecule has 0 amide bonds. The van der Waals surface area contributed by atoms with Crippen molar-refractivity contribution in [3.63, 3.8) is 0 Å². The zero-order valence-corrected chi connectivity index (χ0v) is 9.98. The summed E-state index contributed by atoms with van der Waals surface area (Å²) in [6.45, 7) is 7.42. The van der Waals surface area contributed by atoms with Crippen LogP contribution in [0.15, 0.2) is 0 Å². The van der Waals surface area contributed by atoms with E-state index in [9.17, 15) is 0 Å². The number of nitrogens with zero attached hydrogens (tertiary/aromatic N) is 1. The first kappa shape index (κ1) is 11.4. The lowest BCUT2D eigenvalue weighted by atomic mass is 9.82. The van der Waals surface area contributed by atoms with Crippen molar-refractivity contribution in [1.29, 1.82) is 0 Å². The lowest BCUT2D eigenvalue weighted by Crippen LogP contribution is -2.57. The van der Waals surface area contributed by atoms with Crippen molar-refractivity contribution < 1.29 is 4.74 Å². The van der Waals surface area contributed by atoms with Gasteiger partial charge in [-0.15, -0.1) is 0 Å². The number of hydrogen-bond acceptors (Lipinski definition) is 3. The van der Waals surface area contributed by atoms with Crippen LogP contribution < -0.4 is 5.73 Å². The molecule has 0 aromatic carbocycles. The molecule has 1 aliphatic heterocycles. The largest absolute Gasteiger partial charge is 0.379 e. The van der Waals surface area contributed by atoms with Gasteiger partial charge in [0.25, 0.3) is 0 Å². The minimum absolute atomic E-state index is 0.377. The Morgan fingerprint density at radius 1 is 1.27 bits per heavy atom. The number of morpholine rings is 1. The van der Waals surface area contributed by atoms with Crippen LogP contribution in [-0.4, -0.2) is 42.8 Å². The second-order valence-electron chi connectivity index (χ2n) is 5.31. The van der Waals surface area contributed by atoms with E-state index >= 15 is 0 Å². The van der Waals surface area contributed by atoms with E-state index < -0.39 is 0 Å². The van der Waals surface area contributed by atoms with Gasteiger partial charge in [0.1, 0.15) is 0 Å². The highest BCUT2D eigenvalue weighted by Gasteiger charge is 2.34. The molecule has 0 aromatic heterocycles. The molecule has 2 fully saturated rings. The summed E-state index contributed by atoms with van der Waals surface area (Å²) in [5, 5.41) is 0. The highest BCUT2D eigenvalue weighted by Crippen LogP contribution is 2.28. The van der Waals surface area contributed by atoms with Crippen molar-refractivity contribution in [3.05, 3.63) is 0 Å². The standard InChI is InChI=1S/C12H24N2O/c1-9-3-4-11(13)12(7-9)14-5-6-15-8-10(14)2/h9-12H,3-8,13H2,1-2H3. The maximum absolute atomic E-state index is 6.25. The second-order valence-corrected chi connectivity index (χ2v) is 5.31. The Labute approximate surface area is 93.0 Å². The molecule has 3 nitrogen and oxygen atoms in total. The summed E-state index contributed by atoms with van der Waals surface area (Å²) in [4.78, 5) is 2.57. The Bertz CT molecular complexity index is 210. The van der Waals surface area contributed by atoms with Crippen molar-refractivity contribution >= 4 is 0 Å². The van der Waals surface area contributed by atoms with Crippen LogP contribution in [0.5, 0.6) is 0 Å². The van der Waals surface area contributed by atoms with Crippen LogP contribution in [0, 0.1) is 5.92 Å². The summed E-state index contributed by atoms with van der Waals surface area (Å²) in [5.41, 5.74) is 6.25. The fourth-order valence-electron chi connectivity index (χ4n) is 2.99. The van der Waals surface area contributed by atoms with Gasteiger partial charge >= 0.3 is 0 Å². The zero-order chi connectivity index (χ0) is 10.8. The van der Waals surface area contributed by atoms with E-state index in [1.54, 1.807) is 0 Å². The molecule has 1 saturated heterocycles. The lowest BCUT2D eigenvalue weighted by Gasteiger charge is -2.45. The van der Waals surface area contributed by atoms with E-state index in [1.165, 1.54) is 19.3 Å². The topological polar surface area (TPSA) is 38.5 Å². The molecule has 0 spiro atoms. The van der Waals surface area contributed by atoms with Gasteiger partial charge in [-0.2, -0.15) is 0 Å². The van der Waals surface area contributed by atoms with Gasteiger partial charge in [0.2, 0.25) is 0 Å². The van der Waals surface area contributed by atoms with Crippen molar-refractivity contribution in [1.82, 2.24) is 4.90 Å². The predicted molar refractivity (Wildman–Crippen MR) is 61.8 cm³/mol. The van der Waals surface area contributed by atoms with E-state index in [1.807, 2.05) is 0 Å². The maximum atomic E-state index is 6.25. The Morgan fingerprint density at radius 2 is 2.07 bits per heavy atom. The smallest absolute Gasteiger partial charge is 0.0619 e. The van der Waals surface area contributed by atoms with E-state index in [0.717, 1.165) is 25.7 Å². The van der Waals surface area contributed by atoms with Gasteiger partial charge in [-0.05, 0) is 32.1 Å². The molecule has 1 saturated carbocycles. The third kappa shape index (κ3) is 2.52. The molecule has 2 N–H and O–H groups in total. The Morgan fingerprint density at radius 3 is 2.80 bits per heavy atom. The Hall–Kier alpha value is -0.120. The average Bonchev–Trinajstić information content (AvgIpc) is 2.23. The van der Waals surface area contributed by atoms with Gasteiger partial charge in [-0.25, -0.2) is 0 Å². The van der Waals surface area contributed by atoms with Crippen LogP contribution in [0.1, 0.15) is 33.1 Å². The summed E-state index contributed by atoms with van der Waals surface area (Å²) in [6, 6.07) is 1.51. The first-order valence-electron chi connectivity index (χ1n) is 6.27. The molecule has 2 aliphatic rings. The van der Waals surface area contributed by atoms with E-state index in [-0.39, 0.29) is 0 Å². The zero-order valence-electron chi connectivity index (χ0n) is 9.98. The summed E-state index contributed by atoms with van der Waals surface area (Å²) >= 11 is 0. The molecule has 0 bridgehead atoms. The van der Waals surface area contributed by atoms with Gasteiger partial charge in [0.15, 0.2) is 0 Å². The molecule has 3 heteroatoms. The second kappa shape index (κ2) is 4.81. The maximum Gasteiger partial charge on any atom is 0.0619 e. The van der Waals surface area contributed by atoms with Gasteiger partial charge in [-0.1, -0.05) is 6.92 Å². The quantitative estimate of drug-likeness (QED) is 0.710. The van der Waals surface area contributed by atoms with Crippen LogP contribution in [-0.2, 0) is 4.74 Å². The summed E-state index contributed by atoms with van der Waals surface area (Å²) in [5.74, 6) is 0.838. The van der Waals surface area contributed by atoms with Crippen LogP contribution >= 0.6 is 0 Å². The fourth-order valence-corrected chi connectivity index (χ4v) is 2.99. The Balaban J connectivity index is 1.99. The van der Waals surface area contributed by atoms with Gasteiger partial charge in [-0.3, -0.25) is 4.90 Å². The van der Waals surface area contributed by atoms with E-state index in [4.69, 9.17) is 10.5 Å². The van der Waals surface area contributed by atoms with Crippen molar-refractivity contribution in [2.24, 2.45) is 11.7 Å². The van der Waals surface area contributed by atoms with Gasteiger partial charge < -0.3 is 10.5 Å². The molecule has 1 heterocycles. The molecular weight excluding hydrogens is 188 g/mol. The monoisotopic (exact) mass is 212 g/mol. The molecule has 4 atom stereocenters. The average molecular weight is 212 g/mol. The molecule has 2 rings (SSSR count). The molecule has 88 valence electrons. The molecule has 0 radical (unpaired) electrons. The van der Waals surface area contributed by atoms with E-state index in [2.05, 4.69) is 18.7 Å². The van der Waals surface area contributed by atoms with Crippen LogP contribution in [0.2, 0.25) is 0 Å². The molecule has 0 aromatic rings. The minimum atomic E-state index is 0.377. The molecule has 15 heavy (non-hydrogen) atoms. The normalized spacial score (nSPS) is 44.2. The first-order chi connectivity index (χ1) is 7.18. The molecule has 1 aliphatic carbocycles. The first-order valence-corrected chi connectivity index (χ1v) is 6.27. The van der Waals surface area contributed by atoms with Crippen LogP contribution in [0.4, 0.5) is 0 Å². The fraction of sp³-hybridized carbons (Fsp3) is 1.00. The predicted octanol–water partition coefficient (Wildman–Crippen LogP) is 1.22. The molecular formula is C12H24N2O. The summed E-state index contributed by atoms with van der Waals surface area (Å²) < 4.78 is 5.48. The summed E-state index contributed by atoms with van der Waals surface area (Å²) in [6.07, 6.45) is 3.76. The highest BCUT2D eigenvalue weighted by molar-refractivity contribution is 4.91. The van der Waals surface area contributed by atoms with Crippen LogP contribution in [0.3, 0.4) is 0 Å². The van der Waals surface area contributed by atoms with E-state index in [0.29, 0.717) is 18.1 Å². The van der Waals surface area contributed by atoms with Crippen molar-refractivity contribution in [2.45, 2.75) is 51.2 Å². The van der Waals surface area contributed by atoms with Crippen molar-refractivity contribution in [3.8, 4) is 0 Å². The number of rotatable bonds is 1. The number of nitrogens with two attached hydrogens (primary N) is 1. The third-order valence-electron chi connectivity index (χ3n) is 3.98. The number of ether oxygens (including phenoxy) is 1. The van der Waals surface area contributed by atoms with Gasteiger partial charge in [0, 0.05) is 24.7 Å². The third-order valence-corrected chi connectivity index (χ3v) is 3.98. The van der Waals surface area contributed by atoms with Crippen LogP contribution in [0.25, 0.3) is 0 Å². The lowest BCUT2D eigenvalue weighted by molar-refractivity contribution is -0.0377. The van der Waals surface area contributed by atoms with Crippen molar-refractivity contribution in [2.75, 3.05) is 19.8 Å². The number of hydrogen-bond donors (Lipinski definition) is 1. The summed E-state index contributed by atoms with van der Waals surface area (Å²) in [7, 11) is 0. The SMILES string of the molecule is CC1CCC(N)C(N2CCOCC2C)C1.